The number of para-hydroxylation sites is 2. The summed E-state index contributed by atoms with van der Waals surface area (Å²) in [4.78, 5) is 32.1. The van der Waals surface area contributed by atoms with Crippen LogP contribution in [0.25, 0.3) is 0 Å². The topological polar surface area (TPSA) is 49.7 Å². The molecule has 5 heteroatoms. The molecule has 4 rings (SSSR count). The van der Waals surface area contributed by atoms with Crippen molar-refractivity contribution in [2.45, 2.75) is 11.7 Å². The van der Waals surface area contributed by atoms with Crippen molar-refractivity contribution in [2.24, 2.45) is 4.99 Å². The Balaban J connectivity index is 1.64. The van der Waals surface area contributed by atoms with Crippen LogP contribution in [0, 0.1) is 0 Å². The highest BCUT2D eigenvalue weighted by atomic mass is 32.2. The molecule has 138 valence electrons. The lowest BCUT2D eigenvalue weighted by atomic mass is 10.1. The number of carbonyl (C=O) groups is 2. The Hall–Kier alpha value is -3.18. The van der Waals surface area contributed by atoms with E-state index >= 15 is 0 Å². The van der Waals surface area contributed by atoms with E-state index in [9.17, 15) is 9.59 Å². The van der Waals surface area contributed by atoms with Crippen LogP contribution >= 0.6 is 11.8 Å². The van der Waals surface area contributed by atoms with E-state index in [-0.39, 0.29) is 18.1 Å². The van der Waals surface area contributed by atoms with Crippen molar-refractivity contribution in [3.8, 4) is 0 Å². The van der Waals surface area contributed by atoms with Gasteiger partial charge in [-0.2, -0.15) is 0 Å². The first-order valence-electron chi connectivity index (χ1n) is 9.00. The third kappa shape index (κ3) is 3.89. The molecule has 0 bridgehead atoms. The molecule has 1 fully saturated rings. The van der Waals surface area contributed by atoms with E-state index in [1.54, 1.807) is 17.0 Å². The predicted molar refractivity (Wildman–Crippen MR) is 114 cm³/mol. The van der Waals surface area contributed by atoms with Gasteiger partial charge in [0.05, 0.1) is 16.6 Å². The van der Waals surface area contributed by atoms with Crippen molar-refractivity contribution in [1.82, 2.24) is 0 Å². The zero-order chi connectivity index (χ0) is 19.3. The Morgan fingerprint density at radius 1 is 0.857 bits per heavy atom. The number of hydrogen-bond donors (Lipinski definition) is 0. The maximum Gasteiger partial charge on any atom is 0.247 e. The lowest BCUT2D eigenvalue weighted by Crippen LogP contribution is -2.32. The highest BCUT2D eigenvalue weighted by Crippen LogP contribution is 2.35. The Morgan fingerprint density at radius 2 is 1.43 bits per heavy atom. The van der Waals surface area contributed by atoms with Crippen LogP contribution in [-0.2, 0) is 4.79 Å². The van der Waals surface area contributed by atoms with Gasteiger partial charge < -0.3 is 0 Å². The summed E-state index contributed by atoms with van der Waals surface area (Å²) in [7, 11) is 0. The quantitative estimate of drug-likeness (QED) is 0.574. The minimum absolute atomic E-state index is 0.0413. The molecule has 28 heavy (non-hydrogen) atoms. The number of anilines is 1. The highest BCUT2D eigenvalue weighted by molar-refractivity contribution is 8.16. The van der Waals surface area contributed by atoms with Gasteiger partial charge in [-0.15, -0.1) is 0 Å². The number of benzene rings is 3. The van der Waals surface area contributed by atoms with Crippen molar-refractivity contribution in [3.63, 3.8) is 0 Å². The van der Waals surface area contributed by atoms with Gasteiger partial charge in [0.1, 0.15) is 0 Å². The lowest BCUT2D eigenvalue weighted by Gasteiger charge is -2.16. The van der Waals surface area contributed by atoms with E-state index < -0.39 is 5.25 Å². The van der Waals surface area contributed by atoms with Gasteiger partial charge in [0.25, 0.3) is 0 Å². The van der Waals surface area contributed by atoms with Gasteiger partial charge in [-0.25, -0.2) is 4.99 Å². The monoisotopic (exact) mass is 386 g/mol. The number of carbonyl (C=O) groups excluding carboxylic acids is 2. The number of nitrogens with zero attached hydrogens (tertiary/aromatic N) is 2. The zero-order valence-electron chi connectivity index (χ0n) is 15.1. The Kier molecular flexibility index (Phi) is 5.35. The van der Waals surface area contributed by atoms with Crippen LogP contribution in [0.2, 0.25) is 0 Å². The van der Waals surface area contributed by atoms with E-state index in [2.05, 4.69) is 4.99 Å². The first-order chi connectivity index (χ1) is 13.7. The van der Waals surface area contributed by atoms with E-state index in [4.69, 9.17) is 0 Å². The molecule has 0 N–H and O–H groups in total. The average molecular weight is 386 g/mol. The summed E-state index contributed by atoms with van der Waals surface area (Å²) >= 11 is 1.35. The largest absolute Gasteiger partial charge is 0.294 e. The van der Waals surface area contributed by atoms with E-state index in [1.807, 2.05) is 78.9 Å². The second kappa shape index (κ2) is 8.23. The summed E-state index contributed by atoms with van der Waals surface area (Å²) in [5.41, 5.74) is 2.15. The molecule has 3 aromatic rings. The smallest absolute Gasteiger partial charge is 0.247 e. The fourth-order valence-corrected chi connectivity index (χ4v) is 4.17. The Labute approximate surface area is 167 Å². The molecule has 4 nitrogen and oxygen atoms in total. The zero-order valence-corrected chi connectivity index (χ0v) is 15.9. The normalized spacial score (nSPS) is 17.9. The molecule has 0 spiro atoms. The van der Waals surface area contributed by atoms with Gasteiger partial charge in [-0.3, -0.25) is 14.5 Å². The van der Waals surface area contributed by atoms with Gasteiger partial charge in [0, 0.05) is 12.0 Å². The standard InChI is InChI=1S/C23H18N2O2S/c26-20(17-10-4-1-5-11-17)16-21-22(27)25(19-14-8-3-9-15-19)23(28-21)24-18-12-6-2-7-13-18/h1-15,21H,16H2. The molecule has 1 saturated heterocycles. The second-order valence-electron chi connectivity index (χ2n) is 6.34. The predicted octanol–water partition coefficient (Wildman–Crippen LogP) is 5.10. The Morgan fingerprint density at radius 3 is 2.07 bits per heavy atom. The fraction of sp³-hybridized carbons (Fsp3) is 0.0870. The number of hydrogen-bond acceptors (Lipinski definition) is 4. The molecule has 1 aliphatic heterocycles. The minimum atomic E-state index is -0.490. The second-order valence-corrected chi connectivity index (χ2v) is 7.51. The van der Waals surface area contributed by atoms with E-state index in [1.165, 1.54) is 11.8 Å². The van der Waals surface area contributed by atoms with Gasteiger partial charge in [-0.1, -0.05) is 78.5 Å². The molecule has 0 aromatic heterocycles. The summed E-state index contributed by atoms with van der Waals surface area (Å²) in [5.74, 6) is -0.157. The summed E-state index contributed by atoms with van der Waals surface area (Å²) in [6.07, 6.45) is 0.144. The fourth-order valence-electron chi connectivity index (χ4n) is 3.01. The lowest BCUT2D eigenvalue weighted by molar-refractivity contribution is -0.116. The van der Waals surface area contributed by atoms with Crippen molar-refractivity contribution in [2.75, 3.05) is 4.90 Å². The van der Waals surface area contributed by atoms with Crippen molar-refractivity contribution in [1.29, 1.82) is 0 Å². The van der Waals surface area contributed by atoms with Gasteiger partial charge >= 0.3 is 0 Å². The number of ketones is 1. The first kappa shape index (κ1) is 18.2. The molecular formula is C23H18N2O2S. The van der Waals surface area contributed by atoms with Crippen LogP contribution in [0.3, 0.4) is 0 Å². The summed E-state index contributed by atoms with van der Waals surface area (Å²) < 4.78 is 0. The molecule has 3 aromatic carbocycles. The highest BCUT2D eigenvalue weighted by Gasteiger charge is 2.40. The maximum atomic E-state index is 13.1. The molecule has 1 unspecified atom stereocenters. The number of rotatable bonds is 5. The van der Waals surface area contributed by atoms with Crippen LogP contribution in [0.1, 0.15) is 16.8 Å². The summed E-state index contributed by atoms with van der Waals surface area (Å²) in [6, 6.07) is 28.0. The summed E-state index contributed by atoms with van der Waals surface area (Å²) in [5, 5.41) is 0.101. The molecule has 1 atom stereocenters. The number of Topliss-reactive ketones (excluding diaryl/α,β-unsaturated/α-hetero) is 1. The molecule has 1 aliphatic rings. The molecule has 0 radical (unpaired) electrons. The molecule has 1 amide bonds. The molecule has 0 saturated carbocycles. The number of thioether (sulfide) groups is 1. The van der Waals surface area contributed by atoms with Crippen LogP contribution < -0.4 is 4.90 Å². The van der Waals surface area contributed by atoms with Crippen LogP contribution in [-0.4, -0.2) is 22.1 Å². The molecular weight excluding hydrogens is 368 g/mol. The van der Waals surface area contributed by atoms with Gasteiger partial charge in [0.2, 0.25) is 5.91 Å². The van der Waals surface area contributed by atoms with Crippen LogP contribution in [0.4, 0.5) is 11.4 Å². The van der Waals surface area contributed by atoms with Crippen molar-refractivity contribution >= 4 is 40.0 Å². The maximum absolute atomic E-state index is 13.1. The molecule has 0 aliphatic carbocycles. The van der Waals surface area contributed by atoms with Crippen molar-refractivity contribution < 1.29 is 9.59 Å². The van der Waals surface area contributed by atoms with E-state index in [0.717, 1.165) is 11.4 Å². The van der Waals surface area contributed by atoms with Gasteiger partial charge in [0.15, 0.2) is 11.0 Å². The first-order valence-corrected chi connectivity index (χ1v) is 9.88. The minimum Gasteiger partial charge on any atom is -0.294 e. The Bertz CT molecular complexity index is 1000. The van der Waals surface area contributed by atoms with Gasteiger partial charge in [-0.05, 0) is 24.3 Å². The summed E-state index contributed by atoms with van der Waals surface area (Å²) in [6.45, 7) is 0. The number of amidine groups is 1. The number of amides is 1. The third-order valence-electron chi connectivity index (χ3n) is 4.40. The SMILES string of the molecule is O=C(CC1SC(=Nc2ccccc2)N(c2ccccc2)C1=O)c1ccccc1. The van der Waals surface area contributed by atoms with Crippen molar-refractivity contribution in [3.05, 3.63) is 96.6 Å². The third-order valence-corrected chi connectivity index (χ3v) is 5.53. The van der Waals surface area contributed by atoms with E-state index in [0.29, 0.717) is 10.7 Å². The number of aliphatic imine (C=N–C) groups is 1. The van der Waals surface area contributed by atoms with Crippen LogP contribution in [0.5, 0.6) is 0 Å². The van der Waals surface area contributed by atoms with Crippen LogP contribution in [0.15, 0.2) is 96.0 Å². The molecule has 1 heterocycles. The average Bonchev–Trinajstić information content (AvgIpc) is 3.04.